The van der Waals surface area contributed by atoms with Crippen molar-refractivity contribution in [3.05, 3.63) is 47.0 Å². The van der Waals surface area contributed by atoms with Crippen LogP contribution in [0.3, 0.4) is 0 Å². The van der Waals surface area contributed by atoms with Crippen LogP contribution in [0.2, 0.25) is 5.02 Å². The number of carbonyl (C=O) groups excluding carboxylic acids is 2. The zero-order chi connectivity index (χ0) is 20.7. The highest BCUT2D eigenvalue weighted by molar-refractivity contribution is 6.31. The largest absolute Gasteiger partial charge is 0.360 e. The second kappa shape index (κ2) is 8.01. The summed E-state index contributed by atoms with van der Waals surface area (Å²) < 4.78 is 6.25. The van der Waals surface area contributed by atoms with Crippen molar-refractivity contribution in [2.45, 2.75) is 69.2 Å². The molecule has 1 N–H and O–H groups in total. The van der Waals surface area contributed by atoms with Gasteiger partial charge in [-0.2, -0.15) is 0 Å². The van der Waals surface area contributed by atoms with Gasteiger partial charge in [0, 0.05) is 17.6 Å². The monoisotopic (exact) mass is 428 g/mol. The summed E-state index contributed by atoms with van der Waals surface area (Å²) in [7, 11) is 0. The van der Waals surface area contributed by atoms with E-state index >= 15 is 0 Å². The maximum Gasteiger partial charge on any atom is 0.230 e. The Balaban J connectivity index is 1.32. The summed E-state index contributed by atoms with van der Waals surface area (Å²) in [6.45, 7) is 0.914. The van der Waals surface area contributed by atoms with Crippen LogP contribution in [0.1, 0.15) is 50.5 Å². The number of ether oxygens (including phenoxy) is 1. The van der Waals surface area contributed by atoms with Crippen molar-refractivity contribution in [3.8, 4) is 0 Å². The molecule has 1 saturated carbocycles. The first-order valence-corrected chi connectivity index (χ1v) is 11.6. The van der Waals surface area contributed by atoms with Gasteiger partial charge in [-0.05, 0) is 24.5 Å². The van der Waals surface area contributed by atoms with Crippen LogP contribution in [0, 0.1) is 11.8 Å². The first-order chi connectivity index (χ1) is 14.6. The van der Waals surface area contributed by atoms with Crippen molar-refractivity contribution >= 4 is 23.4 Å². The number of nitrogens with one attached hydrogen (secondary N) is 1. The fraction of sp³-hybridized carbons (Fsp3) is 0.583. The van der Waals surface area contributed by atoms with Gasteiger partial charge in [-0.25, -0.2) is 0 Å². The van der Waals surface area contributed by atoms with Crippen LogP contribution >= 0.6 is 11.6 Å². The van der Waals surface area contributed by atoms with Crippen molar-refractivity contribution in [1.82, 2.24) is 10.2 Å². The minimum absolute atomic E-state index is 0.000383. The summed E-state index contributed by atoms with van der Waals surface area (Å²) in [6.07, 6.45) is 11.8. The van der Waals surface area contributed by atoms with Gasteiger partial charge >= 0.3 is 0 Å². The molecule has 4 atom stereocenters. The molecule has 30 heavy (non-hydrogen) atoms. The Labute approximate surface area is 182 Å². The quantitative estimate of drug-likeness (QED) is 0.741. The van der Waals surface area contributed by atoms with Crippen LogP contribution in [-0.2, 0) is 20.9 Å². The highest BCUT2D eigenvalue weighted by atomic mass is 35.5. The summed E-state index contributed by atoms with van der Waals surface area (Å²) in [6, 6.07) is 7.80. The molecule has 0 radical (unpaired) electrons. The Morgan fingerprint density at radius 2 is 1.90 bits per heavy atom. The summed E-state index contributed by atoms with van der Waals surface area (Å²) in [5.74, 6) is -0.901. The summed E-state index contributed by atoms with van der Waals surface area (Å²) in [5, 5.41) is 3.92. The minimum Gasteiger partial charge on any atom is -0.360 e. The maximum absolute atomic E-state index is 13.4. The van der Waals surface area contributed by atoms with Crippen molar-refractivity contribution in [1.29, 1.82) is 0 Å². The predicted octanol–water partition coefficient (Wildman–Crippen LogP) is 3.85. The van der Waals surface area contributed by atoms with E-state index in [-0.39, 0.29) is 24.0 Å². The maximum atomic E-state index is 13.4. The number of halogens is 1. The van der Waals surface area contributed by atoms with E-state index in [2.05, 4.69) is 5.32 Å². The molecule has 2 saturated heterocycles. The number of fused-ring (bicyclic) bond motifs is 1. The van der Waals surface area contributed by atoms with Gasteiger partial charge < -0.3 is 15.0 Å². The lowest BCUT2D eigenvalue weighted by Gasteiger charge is -2.27. The fourth-order valence-corrected chi connectivity index (χ4v) is 5.94. The Morgan fingerprint density at radius 3 is 2.67 bits per heavy atom. The van der Waals surface area contributed by atoms with Gasteiger partial charge in [0.15, 0.2) is 0 Å². The van der Waals surface area contributed by atoms with Crippen LogP contribution in [0.15, 0.2) is 36.4 Å². The van der Waals surface area contributed by atoms with Crippen LogP contribution < -0.4 is 5.32 Å². The first kappa shape index (κ1) is 20.1. The van der Waals surface area contributed by atoms with Gasteiger partial charge in [0.05, 0.1) is 24.5 Å². The van der Waals surface area contributed by atoms with Crippen LogP contribution in [0.25, 0.3) is 0 Å². The summed E-state index contributed by atoms with van der Waals surface area (Å²) in [5.41, 5.74) is 0.240. The number of rotatable bonds is 4. The van der Waals surface area contributed by atoms with Crippen LogP contribution in [-0.4, -0.2) is 41.0 Å². The zero-order valence-corrected chi connectivity index (χ0v) is 17.9. The van der Waals surface area contributed by atoms with Gasteiger partial charge in [0.25, 0.3) is 0 Å². The number of benzene rings is 1. The molecule has 4 aliphatic rings. The summed E-state index contributed by atoms with van der Waals surface area (Å²) >= 11 is 6.31. The molecule has 1 spiro atoms. The number of likely N-dealkylation sites (tertiary alicyclic amines) is 1. The van der Waals surface area contributed by atoms with E-state index in [1.807, 2.05) is 36.4 Å². The molecule has 1 aliphatic carbocycles. The molecule has 5 nitrogen and oxygen atoms in total. The first-order valence-electron chi connectivity index (χ1n) is 11.3. The number of hydrogen-bond donors (Lipinski definition) is 1. The highest BCUT2D eigenvalue weighted by Crippen LogP contribution is 2.52. The van der Waals surface area contributed by atoms with E-state index in [4.69, 9.17) is 16.3 Å². The fourth-order valence-electron chi connectivity index (χ4n) is 5.74. The molecule has 2 bridgehead atoms. The molecule has 3 heterocycles. The predicted molar refractivity (Wildman–Crippen MR) is 115 cm³/mol. The Bertz CT molecular complexity index is 864. The molecule has 0 aromatic heterocycles. The van der Waals surface area contributed by atoms with Gasteiger partial charge in [0.2, 0.25) is 11.8 Å². The molecular weight excluding hydrogens is 400 g/mol. The molecule has 2 unspecified atom stereocenters. The molecule has 5 rings (SSSR count). The number of carbonyl (C=O) groups is 2. The number of hydrogen-bond acceptors (Lipinski definition) is 3. The molecule has 6 heteroatoms. The molecule has 3 aliphatic heterocycles. The smallest absolute Gasteiger partial charge is 0.230 e. The average Bonchev–Trinajstić information content (AvgIpc) is 3.34. The number of nitrogens with zero attached hydrogens (tertiary/aromatic N) is 1. The second-order valence-electron chi connectivity index (χ2n) is 9.24. The van der Waals surface area contributed by atoms with E-state index in [9.17, 15) is 9.59 Å². The lowest BCUT2D eigenvalue weighted by Crippen LogP contribution is -2.47. The van der Waals surface area contributed by atoms with E-state index in [1.54, 1.807) is 4.90 Å². The Hall–Kier alpha value is -1.85. The van der Waals surface area contributed by atoms with Gasteiger partial charge in [-0.15, -0.1) is 0 Å². The van der Waals surface area contributed by atoms with Gasteiger partial charge in [-0.3, -0.25) is 9.59 Å². The second-order valence-corrected chi connectivity index (χ2v) is 9.64. The number of amides is 2. The Morgan fingerprint density at radius 1 is 1.17 bits per heavy atom. The average molecular weight is 429 g/mol. The van der Waals surface area contributed by atoms with Crippen molar-refractivity contribution in [2.75, 3.05) is 6.54 Å². The minimum atomic E-state index is -0.675. The van der Waals surface area contributed by atoms with Crippen molar-refractivity contribution < 1.29 is 14.3 Å². The SMILES string of the molecule is O=C(NC1CCCCCCC1)C1[C@H]2C=CC3(CN(Cc4ccccc4Cl)C(=O)[C@@H]13)O2. The van der Waals surface area contributed by atoms with E-state index in [0.717, 1.165) is 31.2 Å². The van der Waals surface area contributed by atoms with Crippen molar-refractivity contribution in [3.63, 3.8) is 0 Å². The lowest BCUT2D eigenvalue weighted by atomic mass is 9.76. The van der Waals surface area contributed by atoms with Gasteiger partial charge in [-0.1, -0.05) is 74.1 Å². The van der Waals surface area contributed by atoms with Crippen molar-refractivity contribution in [2.24, 2.45) is 11.8 Å². The lowest BCUT2D eigenvalue weighted by molar-refractivity contribution is -0.138. The zero-order valence-electron chi connectivity index (χ0n) is 17.2. The Kier molecular flexibility index (Phi) is 5.36. The molecule has 2 amide bonds. The standard InChI is InChI=1S/C24H29ClN2O3/c25-18-11-7-6-8-16(18)14-27-15-24-13-12-19(30-24)20(21(24)23(27)29)22(28)26-17-9-4-2-1-3-5-10-17/h6-8,11-13,17,19-21H,1-5,9-10,14-15H2,(H,26,28)/t19-,20?,21-,24?/m1/s1. The third-order valence-corrected chi connectivity index (χ3v) is 7.62. The van der Waals surface area contributed by atoms with E-state index in [0.29, 0.717) is 18.1 Å². The topological polar surface area (TPSA) is 58.6 Å². The van der Waals surface area contributed by atoms with E-state index < -0.39 is 17.4 Å². The van der Waals surface area contributed by atoms with E-state index in [1.165, 1.54) is 19.3 Å². The molecule has 1 aromatic rings. The van der Waals surface area contributed by atoms with Gasteiger partial charge in [0.1, 0.15) is 5.60 Å². The van der Waals surface area contributed by atoms with Crippen LogP contribution in [0.5, 0.6) is 0 Å². The molecule has 160 valence electrons. The highest BCUT2D eigenvalue weighted by Gasteiger charge is 2.66. The van der Waals surface area contributed by atoms with Crippen LogP contribution in [0.4, 0.5) is 0 Å². The summed E-state index contributed by atoms with van der Waals surface area (Å²) in [4.78, 5) is 28.5. The third kappa shape index (κ3) is 3.46. The normalized spacial score (nSPS) is 33.4. The molecular formula is C24H29ClN2O3. The molecule has 3 fully saturated rings. The third-order valence-electron chi connectivity index (χ3n) is 7.25. The molecule has 1 aromatic carbocycles.